The highest BCUT2D eigenvalue weighted by molar-refractivity contribution is 5.31. The number of quaternary nitrogens is 1. The fourth-order valence-electron chi connectivity index (χ4n) is 4.39. The molecule has 0 saturated carbocycles. The molecule has 0 saturated heterocycles. The van der Waals surface area contributed by atoms with Gasteiger partial charge in [-0.05, 0) is 34.9 Å². The molecule has 1 atom stereocenters. The summed E-state index contributed by atoms with van der Waals surface area (Å²) in [6.45, 7) is 13.3. The topological polar surface area (TPSA) is 29.5 Å². The Hall–Kier alpha value is -1.84. The summed E-state index contributed by atoms with van der Waals surface area (Å²) in [5.41, 5.74) is 3.00. The van der Waals surface area contributed by atoms with E-state index in [4.69, 9.17) is 4.74 Å². The second-order valence-electron chi connectivity index (χ2n) is 10.9. The van der Waals surface area contributed by atoms with E-state index in [0.717, 1.165) is 18.7 Å². The van der Waals surface area contributed by atoms with Crippen molar-refractivity contribution in [2.45, 2.75) is 59.1 Å². The Bertz CT molecular complexity index is 743. The van der Waals surface area contributed by atoms with Gasteiger partial charge >= 0.3 is 0 Å². The monoisotopic (exact) mass is 398 g/mol. The van der Waals surface area contributed by atoms with Crippen LogP contribution in [0.2, 0.25) is 0 Å². The molecule has 0 spiro atoms. The van der Waals surface area contributed by atoms with Crippen molar-refractivity contribution < 1.29 is 14.3 Å². The summed E-state index contributed by atoms with van der Waals surface area (Å²) in [5.74, 6) is 0.813. The molecule has 3 heteroatoms. The summed E-state index contributed by atoms with van der Waals surface area (Å²) in [5, 5.41) is 10.5. The first kappa shape index (κ1) is 23.4. The van der Waals surface area contributed by atoms with Crippen LogP contribution in [-0.4, -0.2) is 42.9 Å². The maximum Gasteiger partial charge on any atom is 0.137 e. The van der Waals surface area contributed by atoms with Crippen molar-refractivity contribution in [2.24, 2.45) is 5.41 Å². The number of aliphatic hydroxyl groups excluding tert-OH is 1. The Morgan fingerprint density at radius 2 is 1.48 bits per heavy atom. The highest BCUT2D eigenvalue weighted by Crippen LogP contribution is 2.36. The molecule has 1 N–H and O–H groups in total. The normalized spacial score (nSPS) is 13.9. The van der Waals surface area contributed by atoms with Crippen molar-refractivity contribution in [1.29, 1.82) is 0 Å². The van der Waals surface area contributed by atoms with Gasteiger partial charge in [0, 0.05) is 5.56 Å². The van der Waals surface area contributed by atoms with Crippen molar-refractivity contribution in [1.82, 2.24) is 0 Å². The van der Waals surface area contributed by atoms with Gasteiger partial charge in [-0.15, -0.1) is 0 Å². The van der Waals surface area contributed by atoms with E-state index in [1.807, 2.05) is 18.2 Å². The molecule has 0 aliphatic rings. The van der Waals surface area contributed by atoms with Gasteiger partial charge in [0.2, 0.25) is 0 Å². The largest absolute Gasteiger partial charge is 0.491 e. The quantitative estimate of drug-likeness (QED) is 0.572. The van der Waals surface area contributed by atoms with E-state index in [0.29, 0.717) is 17.6 Å². The van der Waals surface area contributed by atoms with Gasteiger partial charge in [0.15, 0.2) is 0 Å². The van der Waals surface area contributed by atoms with Gasteiger partial charge in [-0.25, -0.2) is 0 Å². The van der Waals surface area contributed by atoms with Gasteiger partial charge < -0.3 is 14.3 Å². The molecule has 0 fully saturated rings. The molecule has 160 valence electrons. The molecule has 3 nitrogen and oxygen atoms in total. The van der Waals surface area contributed by atoms with E-state index < -0.39 is 6.10 Å². The summed E-state index contributed by atoms with van der Waals surface area (Å²) in [4.78, 5) is 0. The summed E-state index contributed by atoms with van der Waals surface area (Å²) >= 11 is 0. The van der Waals surface area contributed by atoms with Gasteiger partial charge in [-0.1, -0.05) is 77.1 Å². The Morgan fingerprint density at radius 1 is 0.897 bits per heavy atom. The van der Waals surface area contributed by atoms with E-state index in [1.165, 1.54) is 11.1 Å². The zero-order chi connectivity index (χ0) is 21.7. The van der Waals surface area contributed by atoms with E-state index in [1.54, 1.807) is 0 Å². The molecule has 0 heterocycles. The fourth-order valence-corrected chi connectivity index (χ4v) is 4.39. The Labute approximate surface area is 177 Å². The molecule has 0 unspecified atom stereocenters. The molecular formula is C26H40NO2+. The maximum atomic E-state index is 10.5. The molecule has 0 aliphatic carbocycles. The highest BCUT2D eigenvalue weighted by atomic mass is 16.5. The van der Waals surface area contributed by atoms with E-state index in [2.05, 4.69) is 85.1 Å². The van der Waals surface area contributed by atoms with Gasteiger partial charge in [0.05, 0.1) is 14.1 Å². The average molecular weight is 399 g/mol. The van der Waals surface area contributed by atoms with Crippen molar-refractivity contribution >= 4 is 0 Å². The third-order valence-electron chi connectivity index (χ3n) is 5.21. The number of rotatable bonds is 9. The van der Waals surface area contributed by atoms with Crippen LogP contribution in [0.15, 0.2) is 54.6 Å². The second kappa shape index (κ2) is 9.32. The van der Waals surface area contributed by atoms with Crippen molar-refractivity contribution in [3.63, 3.8) is 0 Å². The predicted molar refractivity (Wildman–Crippen MR) is 122 cm³/mol. The van der Waals surface area contributed by atoms with Crippen LogP contribution in [0.5, 0.6) is 5.75 Å². The van der Waals surface area contributed by atoms with Crippen molar-refractivity contribution in [3.8, 4) is 5.75 Å². The van der Waals surface area contributed by atoms with Crippen molar-refractivity contribution in [2.75, 3.05) is 27.2 Å². The van der Waals surface area contributed by atoms with Gasteiger partial charge in [-0.3, -0.25) is 0 Å². The minimum Gasteiger partial charge on any atom is -0.491 e. The van der Waals surface area contributed by atoms with Gasteiger partial charge in [0.25, 0.3) is 0 Å². The molecule has 2 aromatic carbocycles. The summed E-state index contributed by atoms with van der Waals surface area (Å²) in [6, 6.07) is 18.8. The average Bonchev–Trinajstić information content (AvgIpc) is 2.58. The third kappa shape index (κ3) is 8.20. The molecule has 0 aliphatic heterocycles. The van der Waals surface area contributed by atoms with Crippen LogP contribution < -0.4 is 4.74 Å². The third-order valence-corrected chi connectivity index (χ3v) is 5.21. The number of hydrogen-bond acceptors (Lipinski definition) is 2. The summed E-state index contributed by atoms with van der Waals surface area (Å²) in [7, 11) is 4.28. The number of benzene rings is 2. The van der Waals surface area contributed by atoms with Crippen molar-refractivity contribution in [3.05, 3.63) is 65.7 Å². The highest BCUT2D eigenvalue weighted by Gasteiger charge is 2.27. The number of likely N-dealkylation sites (N-methyl/N-ethyl adjacent to an activating group) is 1. The second-order valence-corrected chi connectivity index (χ2v) is 10.9. The number of aliphatic hydroxyl groups is 1. The fraction of sp³-hybridized carbons (Fsp3) is 0.538. The maximum absolute atomic E-state index is 10.5. The smallest absolute Gasteiger partial charge is 0.137 e. The van der Waals surface area contributed by atoms with Crippen LogP contribution in [0, 0.1) is 5.41 Å². The number of ether oxygens (including phenoxy) is 1. The Kier molecular flexibility index (Phi) is 7.53. The van der Waals surface area contributed by atoms with E-state index in [-0.39, 0.29) is 10.8 Å². The van der Waals surface area contributed by atoms with Gasteiger partial charge in [-0.2, -0.15) is 0 Å². The number of nitrogens with zero attached hydrogens (tertiary/aromatic N) is 1. The van der Waals surface area contributed by atoms with Crippen LogP contribution in [0.1, 0.15) is 52.2 Å². The lowest BCUT2D eigenvalue weighted by Gasteiger charge is -2.33. The Morgan fingerprint density at radius 3 is 2.03 bits per heavy atom. The van der Waals surface area contributed by atoms with Crippen LogP contribution in [0.4, 0.5) is 0 Å². The molecule has 0 bridgehead atoms. The number of hydrogen-bond donors (Lipinski definition) is 1. The predicted octanol–water partition coefficient (Wildman–Crippen LogP) is 5.42. The first-order chi connectivity index (χ1) is 13.4. The minimum absolute atomic E-state index is 0.120. The SMILES string of the molecule is CC(C)(C)CC(C)(C)c1ccc(OC[C@H](O)C[N+](C)(C)Cc2ccccc2)cc1. The first-order valence-electron chi connectivity index (χ1n) is 10.6. The molecule has 29 heavy (non-hydrogen) atoms. The summed E-state index contributed by atoms with van der Waals surface area (Å²) in [6.07, 6.45) is 0.610. The van der Waals surface area contributed by atoms with Crippen LogP contribution in [-0.2, 0) is 12.0 Å². The van der Waals surface area contributed by atoms with Crippen LogP contribution in [0.3, 0.4) is 0 Å². The molecule has 0 amide bonds. The summed E-state index contributed by atoms with van der Waals surface area (Å²) < 4.78 is 6.59. The lowest BCUT2D eigenvalue weighted by Crippen LogP contribution is -2.46. The lowest BCUT2D eigenvalue weighted by molar-refractivity contribution is -0.906. The van der Waals surface area contributed by atoms with Gasteiger partial charge in [0.1, 0.15) is 31.5 Å². The standard InChI is InChI=1S/C26H40NO2/c1-25(2,3)20-26(4,5)22-13-15-24(16-14-22)29-19-23(28)18-27(6,7)17-21-11-9-8-10-12-21/h8-16,23,28H,17-20H2,1-7H3/q+1/t23-/m1/s1. The molecular weight excluding hydrogens is 358 g/mol. The first-order valence-corrected chi connectivity index (χ1v) is 10.6. The zero-order valence-corrected chi connectivity index (χ0v) is 19.4. The molecule has 0 aromatic heterocycles. The molecule has 0 radical (unpaired) electrons. The van der Waals surface area contributed by atoms with E-state index in [9.17, 15) is 5.11 Å². The van der Waals surface area contributed by atoms with E-state index >= 15 is 0 Å². The molecule has 2 aromatic rings. The van der Waals surface area contributed by atoms with Crippen LogP contribution >= 0.6 is 0 Å². The van der Waals surface area contributed by atoms with Crippen LogP contribution in [0.25, 0.3) is 0 Å². The minimum atomic E-state index is -0.509. The molecule has 2 rings (SSSR count). The Balaban J connectivity index is 1.87. The zero-order valence-electron chi connectivity index (χ0n) is 19.4. The lowest BCUT2D eigenvalue weighted by atomic mass is 9.72.